The van der Waals surface area contributed by atoms with Crippen molar-refractivity contribution in [2.45, 2.75) is 49.6 Å². The summed E-state index contributed by atoms with van der Waals surface area (Å²) in [5.41, 5.74) is 12.8. The fraction of sp³-hybridized carbons (Fsp3) is 0.364. The van der Waals surface area contributed by atoms with Crippen molar-refractivity contribution in [2.75, 3.05) is 16.2 Å². The second-order valence-electron chi connectivity index (χ2n) is 7.88. The van der Waals surface area contributed by atoms with Gasteiger partial charge >= 0.3 is 0 Å². The molecule has 1 heterocycles. The molecule has 10 heteroatoms. The first-order valence-electron chi connectivity index (χ1n) is 10.7. The molecule has 32 heavy (non-hydrogen) atoms. The molecule has 9 nitrogen and oxygen atoms in total. The molecule has 0 atom stereocenters. The number of hydrogen-bond donors (Lipinski definition) is 3. The van der Waals surface area contributed by atoms with E-state index in [2.05, 4.69) is 14.7 Å². The predicted octanol–water partition coefficient (Wildman–Crippen LogP) is 3.00. The number of ether oxygens (including phenoxy) is 1. The van der Waals surface area contributed by atoms with Crippen molar-refractivity contribution in [1.29, 1.82) is 0 Å². The van der Waals surface area contributed by atoms with Crippen LogP contribution < -0.4 is 25.8 Å². The molecule has 0 amide bonds. The van der Waals surface area contributed by atoms with Gasteiger partial charge in [0.05, 0.1) is 11.5 Å². The Hall–Kier alpha value is -3.27. The van der Waals surface area contributed by atoms with Gasteiger partial charge in [-0.2, -0.15) is 4.99 Å². The highest BCUT2D eigenvalue weighted by atomic mass is 32.2. The van der Waals surface area contributed by atoms with E-state index in [-0.39, 0.29) is 16.8 Å². The lowest BCUT2D eigenvalue weighted by atomic mass is 9.87. The summed E-state index contributed by atoms with van der Waals surface area (Å²) in [5.74, 6) is 1.13. The van der Waals surface area contributed by atoms with Crippen LogP contribution in [-0.2, 0) is 10.0 Å². The predicted molar refractivity (Wildman–Crippen MR) is 126 cm³/mol. The van der Waals surface area contributed by atoms with Gasteiger partial charge in [-0.15, -0.1) is 0 Å². The SMILES string of the molecule is CCOc1ccc(NS(=O)(=O)c2ccc(N3C(N)=NC(N)=NC34CCCCC4)cc2)cc1. The lowest BCUT2D eigenvalue weighted by molar-refractivity contribution is 0.305. The number of anilines is 2. The molecular weight excluding hydrogens is 428 g/mol. The number of nitrogens with zero attached hydrogens (tertiary/aromatic N) is 3. The summed E-state index contributed by atoms with van der Waals surface area (Å²) >= 11 is 0. The quantitative estimate of drug-likeness (QED) is 0.611. The molecule has 0 unspecified atom stereocenters. The van der Waals surface area contributed by atoms with Crippen LogP contribution in [-0.4, -0.2) is 32.6 Å². The first-order chi connectivity index (χ1) is 15.3. The Labute approximate surface area is 188 Å². The molecule has 2 aliphatic rings. The maximum absolute atomic E-state index is 12.9. The number of nitrogens with two attached hydrogens (primary N) is 2. The van der Waals surface area contributed by atoms with Crippen molar-refractivity contribution >= 4 is 33.3 Å². The summed E-state index contributed by atoms with van der Waals surface area (Å²) in [4.78, 5) is 10.8. The van der Waals surface area contributed by atoms with E-state index in [0.717, 1.165) is 37.8 Å². The van der Waals surface area contributed by atoms with Crippen LogP contribution in [0.15, 0.2) is 63.4 Å². The number of aliphatic imine (C=N–C) groups is 2. The molecule has 0 aromatic heterocycles. The van der Waals surface area contributed by atoms with Crippen molar-refractivity contribution in [2.24, 2.45) is 21.5 Å². The lowest BCUT2D eigenvalue weighted by Gasteiger charge is -2.45. The van der Waals surface area contributed by atoms with Crippen LogP contribution >= 0.6 is 0 Å². The van der Waals surface area contributed by atoms with Gasteiger partial charge in [0.15, 0.2) is 0 Å². The Morgan fingerprint density at radius 1 is 1.03 bits per heavy atom. The lowest BCUT2D eigenvalue weighted by Crippen LogP contribution is -2.58. The van der Waals surface area contributed by atoms with Crippen LogP contribution in [0, 0.1) is 0 Å². The van der Waals surface area contributed by atoms with Gasteiger partial charge in [-0.25, -0.2) is 13.4 Å². The summed E-state index contributed by atoms with van der Waals surface area (Å²) in [6.45, 7) is 2.43. The molecule has 5 N–H and O–H groups in total. The maximum Gasteiger partial charge on any atom is 0.261 e. The topological polar surface area (TPSA) is 135 Å². The molecule has 0 saturated heterocycles. The Morgan fingerprint density at radius 2 is 1.69 bits per heavy atom. The van der Waals surface area contributed by atoms with Crippen molar-refractivity contribution in [3.8, 4) is 5.75 Å². The fourth-order valence-corrected chi connectivity index (χ4v) is 5.33. The number of sulfonamides is 1. The van der Waals surface area contributed by atoms with E-state index in [1.165, 1.54) is 0 Å². The van der Waals surface area contributed by atoms with Gasteiger partial charge < -0.3 is 16.2 Å². The summed E-state index contributed by atoms with van der Waals surface area (Å²) in [7, 11) is -3.76. The summed E-state index contributed by atoms with van der Waals surface area (Å²) < 4.78 is 33.7. The highest BCUT2D eigenvalue weighted by Crippen LogP contribution is 2.39. The zero-order valence-corrected chi connectivity index (χ0v) is 18.8. The molecule has 1 aliphatic heterocycles. The first kappa shape index (κ1) is 21.9. The minimum absolute atomic E-state index is 0.142. The average molecular weight is 457 g/mol. The van der Waals surface area contributed by atoms with E-state index in [9.17, 15) is 8.42 Å². The minimum atomic E-state index is -3.76. The van der Waals surface area contributed by atoms with E-state index in [0.29, 0.717) is 18.0 Å². The van der Waals surface area contributed by atoms with Gasteiger partial charge in [-0.3, -0.25) is 9.62 Å². The third-order valence-electron chi connectivity index (χ3n) is 5.67. The van der Waals surface area contributed by atoms with Crippen molar-refractivity contribution in [3.63, 3.8) is 0 Å². The zero-order chi connectivity index (χ0) is 22.8. The Balaban J connectivity index is 1.57. The average Bonchev–Trinajstić information content (AvgIpc) is 2.75. The van der Waals surface area contributed by atoms with Crippen LogP contribution in [0.3, 0.4) is 0 Å². The van der Waals surface area contributed by atoms with Gasteiger partial charge in [0.1, 0.15) is 11.4 Å². The highest BCUT2D eigenvalue weighted by Gasteiger charge is 2.42. The fourth-order valence-electron chi connectivity index (χ4n) is 4.27. The molecule has 2 aromatic carbocycles. The third-order valence-corrected chi connectivity index (χ3v) is 7.07. The number of rotatable bonds is 6. The van der Waals surface area contributed by atoms with E-state index in [4.69, 9.17) is 16.2 Å². The molecule has 170 valence electrons. The first-order valence-corrected chi connectivity index (χ1v) is 12.2. The van der Waals surface area contributed by atoms with Crippen LogP contribution in [0.1, 0.15) is 39.0 Å². The van der Waals surface area contributed by atoms with Crippen LogP contribution in [0.4, 0.5) is 11.4 Å². The standard InChI is InChI=1S/C22H28N6O3S/c1-2-31-18-10-6-16(7-11-18)27-32(29,30)19-12-8-17(9-13-19)28-21(24)25-20(23)26-22(28)14-4-3-5-15-22/h6-13,27H,2-5,14-15H2,1H3,(H4,23,24,25,26). The molecule has 1 aliphatic carbocycles. The highest BCUT2D eigenvalue weighted by molar-refractivity contribution is 7.92. The monoisotopic (exact) mass is 456 g/mol. The van der Waals surface area contributed by atoms with Gasteiger partial charge in [0.2, 0.25) is 11.9 Å². The second kappa shape index (κ2) is 8.70. The van der Waals surface area contributed by atoms with Gasteiger partial charge in [0.25, 0.3) is 10.0 Å². The molecule has 0 bridgehead atoms. The molecule has 1 saturated carbocycles. The Morgan fingerprint density at radius 3 is 2.31 bits per heavy atom. The minimum Gasteiger partial charge on any atom is -0.494 e. The van der Waals surface area contributed by atoms with Crippen molar-refractivity contribution in [1.82, 2.24) is 0 Å². The smallest absolute Gasteiger partial charge is 0.261 e. The van der Waals surface area contributed by atoms with Crippen molar-refractivity contribution < 1.29 is 13.2 Å². The summed E-state index contributed by atoms with van der Waals surface area (Å²) in [6, 6.07) is 13.3. The number of benzene rings is 2. The van der Waals surface area contributed by atoms with E-state index < -0.39 is 15.7 Å². The molecular formula is C22H28N6O3S. The number of nitrogens with one attached hydrogen (secondary N) is 1. The van der Waals surface area contributed by atoms with Crippen molar-refractivity contribution in [3.05, 3.63) is 48.5 Å². The largest absolute Gasteiger partial charge is 0.494 e. The maximum atomic E-state index is 12.9. The van der Waals surface area contributed by atoms with E-state index in [1.54, 1.807) is 48.5 Å². The normalized spacial score (nSPS) is 18.1. The second-order valence-corrected chi connectivity index (χ2v) is 9.56. The van der Waals surface area contributed by atoms with Crippen LogP contribution in [0.5, 0.6) is 5.75 Å². The van der Waals surface area contributed by atoms with E-state index in [1.807, 2.05) is 11.8 Å². The number of guanidine groups is 2. The van der Waals surface area contributed by atoms with Crippen LogP contribution in [0.2, 0.25) is 0 Å². The van der Waals surface area contributed by atoms with Gasteiger partial charge in [0, 0.05) is 11.4 Å². The summed E-state index contributed by atoms with van der Waals surface area (Å²) in [5, 5.41) is 0. The van der Waals surface area contributed by atoms with Gasteiger partial charge in [-0.05, 0) is 81.1 Å². The van der Waals surface area contributed by atoms with E-state index >= 15 is 0 Å². The Kier molecular flexibility index (Phi) is 5.96. The molecule has 0 radical (unpaired) electrons. The molecule has 1 spiro atoms. The third kappa shape index (κ3) is 4.36. The molecule has 2 aromatic rings. The summed E-state index contributed by atoms with van der Waals surface area (Å²) in [6.07, 6.45) is 4.78. The van der Waals surface area contributed by atoms with Gasteiger partial charge in [-0.1, -0.05) is 6.42 Å². The Bertz CT molecular complexity index is 1120. The molecule has 4 rings (SSSR count). The molecule has 1 fully saturated rings. The number of hydrogen-bond acceptors (Lipinski definition) is 8. The zero-order valence-electron chi connectivity index (χ0n) is 18.0. The van der Waals surface area contributed by atoms with Crippen LogP contribution in [0.25, 0.3) is 0 Å².